The van der Waals surface area contributed by atoms with Crippen molar-refractivity contribution in [2.75, 3.05) is 0 Å². The number of fused-ring (bicyclic) bond motifs is 1. The number of hydrazine groups is 1. The summed E-state index contributed by atoms with van der Waals surface area (Å²) < 4.78 is 5.48. The van der Waals surface area contributed by atoms with Crippen LogP contribution in [-0.4, -0.2) is 69.8 Å². The van der Waals surface area contributed by atoms with E-state index in [0.29, 0.717) is 10.6 Å². The number of nitrogens with zero attached hydrogens (tertiary/aromatic N) is 1. The molecule has 5 rings (SSSR count). The minimum absolute atomic E-state index is 0.00262. The number of ether oxygens (including phenoxy) is 1. The lowest BCUT2D eigenvalue weighted by atomic mass is 9.96. The second kappa shape index (κ2) is 23.4. The van der Waals surface area contributed by atoms with Gasteiger partial charge >= 0.3 is 6.09 Å². The summed E-state index contributed by atoms with van der Waals surface area (Å²) in [4.78, 5) is 83.5. The fraction of sp³-hybridized carbons (Fsp3) is 0.326. The van der Waals surface area contributed by atoms with Gasteiger partial charge in [-0.1, -0.05) is 117 Å². The van der Waals surface area contributed by atoms with E-state index in [1.54, 1.807) is 35.8 Å². The Morgan fingerprint density at radius 3 is 2.10 bits per heavy atom. The monoisotopic (exact) mass is 848 g/mol. The van der Waals surface area contributed by atoms with Gasteiger partial charge in [0, 0.05) is 42.8 Å². The van der Waals surface area contributed by atoms with Gasteiger partial charge in [-0.3, -0.25) is 34.8 Å². The molecule has 0 aliphatic carbocycles. The Balaban J connectivity index is 1.24. The molecule has 1 unspecified atom stereocenters. The van der Waals surface area contributed by atoms with Crippen LogP contribution in [0.15, 0.2) is 115 Å². The third-order valence-electron chi connectivity index (χ3n) is 9.78. The van der Waals surface area contributed by atoms with E-state index in [-0.39, 0.29) is 56.8 Å². The second-order valence-electron chi connectivity index (χ2n) is 15.0. The smallest absolute Gasteiger partial charge is 0.408 e. The summed E-state index contributed by atoms with van der Waals surface area (Å²) in [5.74, 6) is -2.61. The summed E-state index contributed by atoms with van der Waals surface area (Å²) >= 11 is 1.29. The van der Waals surface area contributed by atoms with Gasteiger partial charge in [0.25, 0.3) is 0 Å². The van der Waals surface area contributed by atoms with Crippen molar-refractivity contribution in [3.8, 4) is 0 Å². The lowest BCUT2D eigenvalue weighted by molar-refractivity contribution is -0.132. The maximum atomic E-state index is 14.2. The van der Waals surface area contributed by atoms with Crippen LogP contribution in [0.3, 0.4) is 0 Å². The van der Waals surface area contributed by atoms with Crippen LogP contribution in [0, 0.1) is 5.92 Å². The average Bonchev–Trinajstić information content (AvgIpc) is 3.78. The van der Waals surface area contributed by atoms with Gasteiger partial charge in [-0.15, -0.1) is 11.3 Å². The number of ketones is 1. The molecule has 0 aliphatic rings. The third kappa shape index (κ3) is 15.0. The van der Waals surface area contributed by atoms with Crippen molar-refractivity contribution in [2.45, 2.75) is 89.6 Å². The first-order valence-electron chi connectivity index (χ1n) is 20.2. The summed E-state index contributed by atoms with van der Waals surface area (Å²) in [5, 5.41) is 23.8. The molecule has 1 heterocycles. The molecule has 0 saturated carbocycles. The highest BCUT2D eigenvalue weighted by Gasteiger charge is 2.32. The topological polar surface area (TPSA) is 205 Å². The number of carbonyl (C=O) groups excluding carboxylic acids is 6. The van der Waals surface area contributed by atoms with Crippen LogP contribution >= 0.6 is 11.3 Å². The Kier molecular flexibility index (Phi) is 17.5. The van der Waals surface area contributed by atoms with Crippen molar-refractivity contribution in [2.24, 2.45) is 5.92 Å². The molecule has 0 bridgehead atoms. The lowest BCUT2D eigenvalue weighted by Crippen LogP contribution is -2.57. The highest BCUT2D eigenvalue weighted by atomic mass is 32.1. The summed E-state index contributed by atoms with van der Waals surface area (Å²) in [6, 6.07) is 27.9. The molecule has 61 heavy (non-hydrogen) atoms. The molecule has 0 fully saturated rings. The van der Waals surface area contributed by atoms with E-state index in [1.165, 1.54) is 11.3 Å². The number of thiazole rings is 1. The summed E-state index contributed by atoms with van der Waals surface area (Å²) in [7, 11) is 0. The molecular weight excluding hydrogens is 797 g/mol. The number of carbonyl (C=O) groups is 6. The number of Topliss-reactive ketones (excluding diaryl/α,β-unsaturated/α-hetero) is 1. The molecule has 0 saturated heterocycles. The summed E-state index contributed by atoms with van der Waals surface area (Å²) in [6.07, 6.45) is -0.293. The SMILES string of the molecule is CC(C)C[C@H](NC(=O)C(Cc1nccs1)NC(=O)[C@H](Cc1cccc2ccccc12)NC(=O)OCc1ccccc1)[C@@H](O)CC(=O)NNC(=O)CCCC(=O)c1ccccc1. The number of alkyl carbamates (subject to hydrolysis) is 1. The Morgan fingerprint density at radius 2 is 1.38 bits per heavy atom. The second-order valence-corrected chi connectivity index (χ2v) is 16.0. The van der Waals surface area contributed by atoms with Crippen LogP contribution < -0.4 is 26.8 Å². The molecule has 320 valence electrons. The van der Waals surface area contributed by atoms with Crippen LogP contribution in [0.25, 0.3) is 10.8 Å². The highest BCUT2D eigenvalue weighted by Crippen LogP contribution is 2.21. The number of hydrogen-bond donors (Lipinski definition) is 6. The predicted molar refractivity (Wildman–Crippen MR) is 232 cm³/mol. The Bertz CT molecular complexity index is 2220. The van der Waals surface area contributed by atoms with Crippen molar-refractivity contribution < 1.29 is 38.6 Å². The molecule has 5 aromatic rings. The molecule has 0 aliphatic heterocycles. The fourth-order valence-electron chi connectivity index (χ4n) is 6.68. The number of aliphatic hydroxyl groups excluding tert-OH is 1. The number of rotatable bonds is 21. The number of amides is 5. The third-order valence-corrected chi connectivity index (χ3v) is 10.6. The molecule has 4 atom stereocenters. The number of aliphatic hydroxyl groups is 1. The first kappa shape index (κ1) is 45.6. The molecule has 5 amide bonds. The van der Waals surface area contributed by atoms with Gasteiger partial charge in [0.15, 0.2) is 5.78 Å². The molecular formula is C46H52N6O8S. The molecule has 6 N–H and O–H groups in total. The van der Waals surface area contributed by atoms with E-state index >= 15 is 0 Å². The van der Waals surface area contributed by atoms with Gasteiger partial charge in [-0.25, -0.2) is 9.78 Å². The van der Waals surface area contributed by atoms with E-state index in [9.17, 15) is 33.9 Å². The molecule has 15 heteroatoms. The van der Waals surface area contributed by atoms with E-state index in [2.05, 4.69) is 31.8 Å². The predicted octanol–water partition coefficient (Wildman–Crippen LogP) is 5.34. The largest absolute Gasteiger partial charge is 0.445 e. The quantitative estimate of drug-likeness (QED) is 0.0416. The summed E-state index contributed by atoms with van der Waals surface area (Å²) in [5.41, 5.74) is 6.71. The van der Waals surface area contributed by atoms with Gasteiger partial charge in [0.05, 0.1) is 23.6 Å². The maximum Gasteiger partial charge on any atom is 0.408 e. The minimum atomic E-state index is -1.37. The first-order chi connectivity index (χ1) is 29.4. The number of nitrogens with one attached hydrogen (secondary N) is 5. The standard InChI is InChI=1S/C46H52N6O8S/c1-30(2)25-36(40(54)28-42(56)52-51-41(55)22-12-21-39(53)33-16-7-4-8-17-33)48-45(58)38(27-43-47-23-24-61-43)49-44(57)37(50-46(59)60-29-31-13-5-3-6-14-31)26-34-19-11-18-32-15-9-10-20-35(32)34/h3-11,13-20,23-24,30,36-38,40,54H,12,21-22,25-29H2,1-2H3,(H,48,58)(H,49,57)(H,50,59)(H,51,55)(H,52,56)/t36-,37-,38?,40-/m0/s1. The van der Waals surface area contributed by atoms with Crippen molar-refractivity contribution in [1.82, 2.24) is 31.8 Å². The fourth-order valence-corrected chi connectivity index (χ4v) is 7.35. The van der Waals surface area contributed by atoms with Crippen molar-refractivity contribution in [3.05, 3.63) is 136 Å². The Hall–Kier alpha value is -6.45. The zero-order valence-corrected chi connectivity index (χ0v) is 35.0. The zero-order chi connectivity index (χ0) is 43.6. The molecule has 0 spiro atoms. The van der Waals surface area contributed by atoms with Gasteiger partial charge in [0.1, 0.15) is 18.7 Å². The van der Waals surface area contributed by atoms with Crippen molar-refractivity contribution in [3.63, 3.8) is 0 Å². The number of aromatic nitrogens is 1. The van der Waals surface area contributed by atoms with E-state index in [4.69, 9.17) is 4.74 Å². The van der Waals surface area contributed by atoms with Gasteiger partial charge < -0.3 is 25.8 Å². The number of hydrogen-bond acceptors (Lipinski definition) is 10. The number of benzene rings is 4. The van der Waals surface area contributed by atoms with E-state index in [1.807, 2.05) is 92.7 Å². The lowest BCUT2D eigenvalue weighted by Gasteiger charge is -2.28. The van der Waals surface area contributed by atoms with Crippen LogP contribution in [-0.2, 0) is 43.4 Å². The zero-order valence-electron chi connectivity index (χ0n) is 34.2. The van der Waals surface area contributed by atoms with E-state index < -0.39 is 60.4 Å². The van der Waals surface area contributed by atoms with Gasteiger partial charge in [-0.2, -0.15) is 0 Å². The molecule has 14 nitrogen and oxygen atoms in total. The normalized spacial score (nSPS) is 13.0. The Labute approximate surface area is 358 Å². The Morgan fingerprint density at radius 1 is 0.721 bits per heavy atom. The maximum absolute atomic E-state index is 14.2. The van der Waals surface area contributed by atoms with Gasteiger partial charge in [-0.05, 0) is 40.7 Å². The molecule has 1 aromatic heterocycles. The van der Waals surface area contributed by atoms with Crippen LogP contribution in [0.2, 0.25) is 0 Å². The molecule has 4 aromatic carbocycles. The van der Waals surface area contributed by atoms with Crippen LogP contribution in [0.1, 0.15) is 72.4 Å². The van der Waals surface area contributed by atoms with Crippen LogP contribution in [0.5, 0.6) is 0 Å². The van der Waals surface area contributed by atoms with E-state index in [0.717, 1.165) is 21.9 Å². The molecule has 0 radical (unpaired) electrons. The van der Waals surface area contributed by atoms with Gasteiger partial charge in [0.2, 0.25) is 23.6 Å². The van der Waals surface area contributed by atoms with Crippen molar-refractivity contribution >= 4 is 57.6 Å². The highest BCUT2D eigenvalue weighted by molar-refractivity contribution is 7.09. The summed E-state index contributed by atoms with van der Waals surface area (Å²) in [6.45, 7) is 3.76. The first-order valence-corrected chi connectivity index (χ1v) is 21.1. The van der Waals surface area contributed by atoms with Crippen LogP contribution in [0.4, 0.5) is 4.79 Å². The van der Waals surface area contributed by atoms with Crippen molar-refractivity contribution in [1.29, 1.82) is 0 Å². The average molecular weight is 849 g/mol. The minimum Gasteiger partial charge on any atom is -0.445 e.